The van der Waals surface area contributed by atoms with Crippen LogP contribution >= 0.6 is 35.3 Å². The molecule has 1 aromatic rings. The molecule has 0 aliphatic rings. The largest absolute Gasteiger partial charge is 0.356 e. The number of hydrogen-bond donors (Lipinski definition) is 2. The van der Waals surface area contributed by atoms with Crippen molar-refractivity contribution in [2.24, 2.45) is 4.99 Å². The molecule has 1 aromatic heterocycles. The zero-order chi connectivity index (χ0) is 19.5. The lowest BCUT2D eigenvalue weighted by Crippen LogP contribution is -2.41. The minimum absolute atomic E-state index is 0. The highest BCUT2D eigenvalue weighted by atomic mass is 127. The molecule has 156 valence electrons. The van der Waals surface area contributed by atoms with E-state index < -0.39 is 0 Å². The van der Waals surface area contributed by atoms with Crippen molar-refractivity contribution in [2.45, 2.75) is 52.7 Å². The van der Waals surface area contributed by atoms with Gasteiger partial charge >= 0.3 is 0 Å². The van der Waals surface area contributed by atoms with Crippen molar-refractivity contribution in [3.05, 3.63) is 22.4 Å². The van der Waals surface area contributed by atoms with Crippen LogP contribution in [-0.2, 0) is 11.3 Å². The van der Waals surface area contributed by atoms with Gasteiger partial charge in [-0.25, -0.2) is 4.99 Å². The van der Waals surface area contributed by atoms with E-state index in [9.17, 15) is 4.79 Å². The van der Waals surface area contributed by atoms with Crippen LogP contribution in [0.5, 0.6) is 0 Å². The van der Waals surface area contributed by atoms with Crippen LogP contribution in [0.2, 0.25) is 0 Å². The van der Waals surface area contributed by atoms with Gasteiger partial charge in [0.15, 0.2) is 5.96 Å². The number of nitrogens with zero attached hydrogens (tertiary/aromatic N) is 3. The first-order valence-electron chi connectivity index (χ1n) is 9.31. The molecule has 0 saturated carbocycles. The summed E-state index contributed by atoms with van der Waals surface area (Å²) in [5.74, 6) is 0.683. The van der Waals surface area contributed by atoms with Gasteiger partial charge in [-0.3, -0.25) is 9.69 Å². The van der Waals surface area contributed by atoms with Crippen molar-refractivity contribution in [1.82, 2.24) is 20.4 Å². The van der Waals surface area contributed by atoms with Crippen LogP contribution in [0.3, 0.4) is 0 Å². The average molecular weight is 510 g/mol. The zero-order valence-corrected chi connectivity index (χ0v) is 20.6. The number of rotatable bonds is 10. The fraction of sp³-hybridized carbons (Fsp3) is 0.684. The molecule has 8 heteroatoms. The van der Waals surface area contributed by atoms with Crippen LogP contribution in [0.4, 0.5) is 0 Å². The zero-order valence-electron chi connectivity index (χ0n) is 17.5. The Morgan fingerprint density at radius 1 is 1.19 bits per heavy atom. The fourth-order valence-electron chi connectivity index (χ4n) is 2.63. The third-order valence-corrected chi connectivity index (χ3v) is 4.97. The van der Waals surface area contributed by atoms with Crippen molar-refractivity contribution in [3.8, 4) is 0 Å². The summed E-state index contributed by atoms with van der Waals surface area (Å²) in [5.41, 5.74) is 0. The molecule has 1 amide bonds. The van der Waals surface area contributed by atoms with Gasteiger partial charge in [0.25, 0.3) is 0 Å². The predicted molar refractivity (Wildman–Crippen MR) is 127 cm³/mol. The molecule has 6 nitrogen and oxygen atoms in total. The summed E-state index contributed by atoms with van der Waals surface area (Å²) in [6, 6.07) is 5.20. The van der Waals surface area contributed by atoms with Gasteiger partial charge in [0.1, 0.15) is 6.54 Å². The molecule has 0 aliphatic carbocycles. The van der Waals surface area contributed by atoms with Crippen molar-refractivity contribution >= 4 is 47.2 Å². The van der Waals surface area contributed by atoms with Crippen molar-refractivity contribution in [3.63, 3.8) is 0 Å². The minimum atomic E-state index is -0.00647. The first-order chi connectivity index (χ1) is 12.3. The smallest absolute Gasteiger partial charge is 0.243 e. The number of halogens is 1. The predicted octanol–water partition coefficient (Wildman–Crippen LogP) is 3.00. The van der Waals surface area contributed by atoms with Gasteiger partial charge in [0.05, 0.1) is 6.54 Å². The molecule has 0 aromatic carbocycles. The molecule has 0 bridgehead atoms. The van der Waals surface area contributed by atoms with Gasteiger partial charge < -0.3 is 15.5 Å². The second kappa shape index (κ2) is 14.2. The Kier molecular flexibility index (Phi) is 13.7. The Bertz CT molecular complexity index is 538. The van der Waals surface area contributed by atoms with E-state index >= 15 is 0 Å². The summed E-state index contributed by atoms with van der Waals surface area (Å²) in [5, 5.41) is 8.73. The number of nitrogens with one attached hydrogen (secondary N) is 2. The molecule has 0 saturated heterocycles. The van der Waals surface area contributed by atoms with Gasteiger partial charge in [-0.2, -0.15) is 0 Å². The van der Waals surface area contributed by atoms with Crippen LogP contribution < -0.4 is 10.6 Å². The monoisotopic (exact) mass is 509 g/mol. The maximum atomic E-state index is 11.8. The Morgan fingerprint density at radius 3 is 2.37 bits per heavy atom. The van der Waals surface area contributed by atoms with Crippen molar-refractivity contribution < 1.29 is 4.79 Å². The quantitative estimate of drug-likeness (QED) is 0.220. The summed E-state index contributed by atoms with van der Waals surface area (Å²) < 4.78 is 0. The Morgan fingerprint density at radius 2 is 1.85 bits per heavy atom. The number of amides is 1. The molecule has 2 N–H and O–H groups in total. The highest BCUT2D eigenvalue weighted by molar-refractivity contribution is 14.0. The number of carbonyl (C=O) groups is 1. The molecule has 0 aliphatic heterocycles. The number of carbonyl (C=O) groups excluding carboxylic acids is 1. The lowest BCUT2D eigenvalue weighted by molar-refractivity contribution is -0.127. The minimum Gasteiger partial charge on any atom is -0.356 e. The maximum Gasteiger partial charge on any atom is 0.243 e. The SMILES string of the molecule is CC(C)N(CCCNC(=NCC(=O)N(C)C)NCc1cccs1)C(C)C.I. The van der Waals surface area contributed by atoms with Gasteiger partial charge in [-0.15, -0.1) is 35.3 Å². The molecule has 0 fully saturated rings. The Hall–Kier alpha value is -0.870. The summed E-state index contributed by atoms with van der Waals surface area (Å²) in [6.45, 7) is 11.7. The Labute approximate surface area is 185 Å². The fourth-order valence-corrected chi connectivity index (χ4v) is 3.27. The molecule has 0 spiro atoms. The normalized spacial score (nSPS) is 11.7. The van der Waals surface area contributed by atoms with Crippen molar-refractivity contribution in [1.29, 1.82) is 0 Å². The van der Waals surface area contributed by atoms with Crippen LogP contribution in [-0.4, -0.2) is 67.5 Å². The van der Waals surface area contributed by atoms with Crippen molar-refractivity contribution in [2.75, 3.05) is 33.7 Å². The van der Waals surface area contributed by atoms with Gasteiger partial charge in [-0.05, 0) is 45.6 Å². The number of likely N-dealkylation sites (N-methyl/N-ethyl adjacent to an activating group) is 1. The Balaban J connectivity index is 0.00000676. The summed E-state index contributed by atoms with van der Waals surface area (Å²) in [6.07, 6.45) is 1.03. The lowest BCUT2D eigenvalue weighted by atomic mass is 10.2. The number of aliphatic imine (C=N–C) groups is 1. The molecule has 1 heterocycles. The molecular formula is C19H36IN5OS. The van der Waals surface area contributed by atoms with Gasteiger partial charge in [-0.1, -0.05) is 6.07 Å². The lowest BCUT2D eigenvalue weighted by Gasteiger charge is -2.30. The van der Waals surface area contributed by atoms with E-state index in [4.69, 9.17) is 0 Å². The van der Waals surface area contributed by atoms with E-state index in [-0.39, 0.29) is 36.4 Å². The van der Waals surface area contributed by atoms with Gasteiger partial charge in [0.2, 0.25) is 5.91 Å². The van der Waals surface area contributed by atoms with E-state index in [1.54, 1.807) is 30.3 Å². The molecule has 1 rings (SSSR count). The highest BCUT2D eigenvalue weighted by Gasteiger charge is 2.12. The van der Waals surface area contributed by atoms with E-state index in [1.807, 2.05) is 6.07 Å². The number of hydrogen-bond acceptors (Lipinski definition) is 4. The second-order valence-electron chi connectivity index (χ2n) is 7.09. The number of guanidine groups is 1. The third kappa shape index (κ3) is 10.9. The van der Waals surface area contributed by atoms with Crippen LogP contribution in [0.1, 0.15) is 39.0 Å². The first-order valence-corrected chi connectivity index (χ1v) is 10.2. The van der Waals surface area contributed by atoms with Crippen LogP contribution in [0.25, 0.3) is 0 Å². The van der Waals surface area contributed by atoms with E-state index in [0.29, 0.717) is 24.6 Å². The van der Waals surface area contributed by atoms with Crippen LogP contribution in [0.15, 0.2) is 22.5 Å². The highest BCUT2D eigenvalue weighted by Crippen LogP contribution is 2.07. The molecule has 27 heavy (non-hydrogen) atoms. The topological polar surface area (TPSA) is 60.0 Å². The van der Waals surface area contributed by atoms with E-state index in [2.05, 4.69) is 59.7 Å². The average Bonchev–Trinajstić information content (AvgIpc) is 3.08. The van der Waals surface area contributed by atoms with E-state index in [0.717, 1.165) is 19.5 Å². The third-order valence-electron chi connectivity index (χ3n) is 4.09. The molecule has 0 atom stereocenters. The number of thiophene rings is 1. The maximum absolute atomic E-state index is 11.8. The molecule has 0 unspecified atom stereocenters. The summed E-state index contributed by atoms with van der Waals surface area (Å²) >= 11 is 1.71. The standard InChI is InChI=1S/C19H35N5OS.HI/c1-15(2)24(16(3)4)11-8-10-20-19(22-14-18(25)23(5)6)21-13-17-9-7-12-26-17;/h7,9,12,15-16H,8,10-11,13-14H2,1-6H3,(H2,20,21,22);1H. The summed E-state index contributed by atoms with van der Waals surface area (Å²) in [7, 11) is 3.49. The van der Waals surface area contributed by atoms with Crippen LogP contribution in [0, 0.1) is 0 Å². The van der Waals surface area contributed by atoms with Gasteiger partial charge in [0, 0.05) is 44.1 Å². The molecular weight excluding hydrogens is 473 g/mol. The molecule has 0 radical (unpaired) electrons. The second-order valence-corrected chi connectivity index (χ2v) is 8.12. The summed E-state index contributed by atoms with van der Waals surface area (Å²) in [4.78, 5) is 21.5. The van der Waals surface area contributed by atoms with E-state index in [1.165, 1.54) is 4.88 Å². The first kappa shape index (κ1) is 26.1.